The Morgan fingerprint density at radius 1 is 0.840 bits per heavy atom. The fourth-order valence-corrected chi connectivity index (χ4v) is 3.74. The zero-order valence-electron chi connectivity index (χ0n) is 17.5. The molecule has 0 fully saturated rings. The number of hydrogen-bond donors (Lipinski definition) is 1. The number of hydrogen-bond acceptors (Lipinski definition) is 2. The van der Waals surface area contributed by atoms with Crippen molar-refractivity contribution in [2.45, 2.75) is 111 Å². The van der Waals surface area contributed by atoms with Gasteiger partial charge in [-0.2, -0.15) is 0 Å². The Morgan fingerprint density at radius 3 is 1.80 bits per heavy atom. The quantitative estimate of drug-likeness (QED) is 0.305. The zero-order chi connectivity index (χ0) is 18.7. The maximum absolute atomic E-state index is 6.21. The molecule has 0 aliphatic carbocycles. The minimum atomic E-state index is 0.570. The number of nitrogens with two attached hydrogens (primary N) is 1. The normalized spacial score (nSPS) is 13.6. The van der Waals surface area contributed by atoms with Gasteiger partial charge in [0.05, 0.1) is 0 Å². The lowest BCUT2D eigenvalue weighted by Crippen LogP contribution is -2.40. The standard InChI is InChI=1S/C23H42N2/c1-6-8-10-12-14-20(4)25(21(5)15-13-11-9-7-2)22-17-16-19(3)23(24)18-22/h16-18,20-21H,6-15,24H2,1-5H3. The summed E-state index contributed by atoms with van der Waals surface area (Å²) in [6, 6.07) is 7.75. The van der Waals surface area contributed by atoms with Crippen molar-refractivity contribution in [3.63, 3.8) is 0 Å². The van der Waals surface area contributed by atoms with E-state index in [2.05, 4.69) is 57.7 Å². The van der Waals surface area contributed by atoms with Gasteiger partial charge < -0.3 is 10.6 Å². The van der Waals surface area contributed by atoms with E-state index in [-0.39, 0.29) is 0 Å². The predicted octanol–water partition coefficient (Wildman–Crippen LogP) is 7.10. The molecule has 0 heterocycles. The van der Waals surface area contributed by atoms with E-state index in [1.807, 2.05) is 0 Å². The second-order valence-corrected chi connectivity index (χ2v) is 7.84. The van der Waals surface area contributed by atoms with Gasteiger partial charge in [-0.05, 0) is 51.3 Å². The van der Waals surface area contributed by atoms with Crippen molar-refractivity contribution in [3.05, 3.63) is 23.8 Å². The second-order valence-electron chi connectivity index (χ2n) is 7.84. The van der Waals surface area contributed by atoms with Gasteiger partial charge in [-0.1, -0.05) is 71.3 Å². The van der Waals surface area contributed by atoms with Gasteiger partial charge in [0.1, 0.15) is 0 Å². The van der Waals surface area contributed by atoms with Crippen LogP contribution >= 0.6 is 0 Å². The number of nitrogen functional groups attached to an aromatic ring is 1. The maximum atomic E-state index is 6.21. The van der Waals surface area contributed by atoms with Crippen LogP contribution in [0.2, 0.25) is 0 Å². The van der Waals surface area contributed by atoms with Crippen molar-refractivity contribution in [2.24, 2.45) is 0 Å². The molecule has 0 aliphatic rings. The third-order valence-corrected chi connectivity index (χ3v) is 5.46. The molecule has 0 aliphatic heterocycles. The lowest BCUT2D eigenvalue weighted by atomic mass is 10.0. The predicted molar refractivity (Wildman–Crippen MR) is 115 cm³/mol. The summed E-state index contributed by atoms with van der Waals surface area (Å²) < 4.78 is 0. The largest absolute Gasteiger partial charge is 0.398 e. The molecule has 25 heavy (non-hydrogen) atoms. The van der Waals surface area contributed by atoms with Gasteiger partial charge in [0.25, 0.3) is 0 Å². The summed E-state index contributed by atoms with van der Waals surface area (Å²) in [4.78, 5) is 2.63. The Labute approximate surface area is 157 Å². The molecule has 0 amide bonds. The van der Waals surface area contributed by atoms with Gasteiger partial charge in [0.15, 0.2) is 0 Å². The van der Waals surface area contributed by atoms with E-state index in [9.17, 15) is 0 Å². The second kappa shape index (κ2) is 12.2. The average Bonchev–Trinajstić information content (AvgIpc) is 2.59. The van der Waals surface area contributed by atoms with Gasteiger partial charge in [0.2, 0.25) is 0 Å². The summed E-state index contributed by atoms with van der Waals surface area (Å²) in [5, 5.41) is 0. The minimum Gasteiger partial charge on any atom is -0.398 e. The fourth-order valence-electron chi connectivity index (χ4n) is 3.74. The lowest BCUT2D eigenvalue weighted by molar-refractivity contribution is 0.465. The van der Waals surface area contributed by atoms with Crippen LogP contribution in [-0.2, 0) is 0 Å². The molecule has 0 aromatic heterocycles. The number of nitrogens with zero attached hydrogens (tertiary/aromatic N) is 1. The van der Waals surface area contributed by atoms with Crippen molar-refractivity contribution in [2.75, 3.05) is 10.6 Å². The van der Waals surface area contributed by atoms with E-state index in [1.54, 1.807) is 0 Å². The highest BCUT2D eigenvalue weighted by molar-refractivity contribution is 5.60. The molecular weight excluding hydrogens is 304 g/mol. The smallest absolute Gasteiger partial charge is 0.0391 e. The molecule has 1 aromatic carbocycles. The maximum Gasteiger partial charge on any atom is 0.0391 e. The Kier molecular flexibility index (Phi) is 10.7. The Balaban J connectivity index is 2.79. The van der Waals surface area contributed by atoms with Gasteiger partial charge >= 0.3 is 0 Å². The highest BCUT2D eigenvalue weighted by atomic mass is 15.2. The van der Waals surface area contributed by atoms with Gasteiger partial charge in [-0.15, -0.1) is 0 Å². The first kappa shape index (κ1) is 21.9. The Bertz CT molecular complexity index is 451. The summed E-state index contributed by atoms with van der Waals surface area (Å²) in [5.74, 6) is 0. The van der Waals surface area contributed by atoms with Crippen molar-refractivity contribution in [3.8, 4) is 0 Å². The fraction of sp³-hybridized carbons (Fsp3) is 0.739. The van der Waals surface area contributed by atoms with E-state index < -0.39 is 0 Å². The first-order chi connectivity index (χ1) is 12.0. The number of anilines is 2. The van der Waals surface area contributed by atoms with Gasteiger partial charge in [0, 0.05) is 23.5 Å². The summed E-state index contributed by atoms with van der Waals surface area (Å²) in [6.45, 7) is 11.4. The highest BCUT2D eigenvalue weighted by Crippen LogP contribution is 2.28. The molecule has 0 spiro atoms. The molecule has 2 atom stereocenters. The summed E-state index contributed by atoms with van der Waals surface area (Å²) in [6.07, 6.45) is 13.2. The van der Waals surface area contributed by atoms with E-state index in [1.165, 1.54) is 75.5 Å². The molecule has 2 heteroatoms. The first-order valence-corrected chi connectivity index (χ1v) is 10.7. The number of rotatable bonds is 13. The monoisotopic (exact) mass is 346 g/mol. The van der Waals surface area contributed by atoms with E-state index >= 15 is 0 Å². The number of unbranched alkanes of at least 4 members (excludes halogenated alkanes) is 6. The topological polar surface area (TPSA) is 29.3 Å². The van der Waals surface area contributed by atoms with Crippen LogP contribution in [0.4, 0.5) is 11.4 Å². The lowest BCUT2D eigenvalue weighted by Gasteiger charge is -2.37. The summed E-state index contributed by atoms with van der Waals surface area (Å²) in [7, 11) is 0. The van der Waals surface area contributed by atoms with Crippen LogP contribution < -0.4 is 10.6 Å². The number of aryl methyl sites for hydroxylation is 1. The van der Waals surface area contributed by atoms with Crippen LogP contribution in [0.25, 0.3) is 0 Å². The third-order valence-electron chi connectivity index (χ3n) is 5.46. The van der Waals surface area contributed by atoms with E-state index in [0.717, 1.165) is 5.69 Å². The molecule has 0 saturated carbocycles. The van der Waals surface area contributed by atoms with Crippen LogP contribution in [-0.4, -0.2) is 12.1 Å². The van der Waals surface area contributed by atoms with Crippen LogP contribution in [0, 0.1) is 6.92 Å². The van der Waals surface area contributed by atoms with Gasteiger partial charge in [-0.25, -0.2) is 0 Å². The SMILES string of the molecule is CCCCCCC(C)N(c1ccc(C)c(N)c1)C(C)CCCCCC. The molecular formula is C23H42N2. The van der Waals surface area contributed by atoms with Crippen LogP contribution in [0.5, 0.6) is 0 Å². The molecule has 1 rings (SSSR count). The Morgan fingerprint density at radius 2 is 1.36 bits per heavy atom. The molecule has 2 nitrogen and oxygen atoms in total. The molecule has 1 aromatic rings. The molecule has 144 valence electrons. The number of benzene rings is 1. The molecule has 2 unspecified atom stereocenters. The molecule has 0 bridgehead atoms. The molecule has 2 N–H and O–H groups in total. The third kappa shape index (κ3) is 7.71. The van der Waals surface area contributed by atoms with Crippen molar-refractivity contribution in [1.82, 2.24) is 0 Å². The van der Waals surface area contributed by atoms with E-state index in [0.29, 0.717) is 12.1 Å². The van der Waals surface area contributed by atoms with Crippen molar-refractivity contribution < 1.29 is 0 Å². The van der Waals surface area contributed by atoms with Crippen molar-refractivity contribution >= 4 is 11.4 Å². The van der Waals surface area contributed by atoms with E-state index in [4.69, 9.17) is 5.73 Å². The summed E-state index contributed by atoms with van der Waals surface area (Å²) in [5.41, 5.74) is 9.60. The van der Waals surface area contributed by atoms with Gasteiger partial charge in [-0.3, -0.25) is 0 Å². The molecule has 0 radical (unpaired) electrons. The highest BCUT2D eigenvalue weighted by Gasteiger charge is 2.20. The molecule has 0 saturated heterocycles. The van der Waals surface area contributed by atoms with Crippen LogP contribution in [0.15, 0.2) is 18.2 Å². The Hall–Kier alpha value is -1.18. The van der Waals surface area contributed by atoms with Crippen LogP contribution in [0.1, 0.15) is 97.5 Å². The average molecular weight is 347 g/mol. The first-order valence-electron chi connectivity index (χ1n) is 10.7. The summed E-state index contributed by atoms with van der Waals surface area (Å²) >= 11 is 0. The van der Waals surface area contributed by atoms with Crippen molar-refractivity contribution in [1.29, 1.82) is 0 Å². The minimum absolute atomic E-state index is 0.570. The van der Waals surface area contributed by atoms with Crippen LogP contribution in [0.3, 0.4) is 0 Å². The zero-order valence-corrected chi connectivity index (χ0v) is 17.5.